The van der Waals surface area contributed by atoms with E-state index < -0.39 is 52.9 Å². The van der Waals surface area contributed by atoms with Gasteiger partial charge in [-0.05, 0) is 31.2 Å². The van der Waals surface area contributed by atoms with Crippen LogP contribution < -0.4 is 5.32 Å². The monoisotopic (exact) mass is 423 g/mol. The molecule has 1 amide bonds. The molecular weight excluding hydrogens is 407 g/mol. The van der Waals surface area contributed by atoms with Gasteiger partial charge in [-0.25, -0.2) is 4.39 Å². The van der Waals surface area contributed by atoms with Gasteiger partial charge in [0.25, 0.3) is 5.91 Å². The summed E-state index contributed by atoms with van der Waals surface area (Å²) in [5.41, 5.74) is -5.40. The van der Waals surface area contributed by atoms with E-state index in [1.54, 1.807) is 0 Å². The SMILES string of the molecule is COC(C)(CNC(=O)c1cc(C(F)(F)F)cc(C(F)(F)F)c1)c1ccccc1F. The first-order valence-corrected chi connectivity index (χ1v) is 8.16. The van der Waals surface area contributed by atoms with Crippen LogP contribution in [0.5, 0.6) is 0 Å². The number of amides is 1. The number of alkyl halides is 6. The predicted octanol–water partition coefficient (Wildman–Crippen LogP) is 5.15. The first-order valence-electron chi connectivity index (χ1n) is 8.16. The largest absolute Gasteiger partial charge is 0.416 e. The number of hydrogen-bond donors (Lipinski definition) is 1. The lowest BCUT2D eigenvalue weighted by molar-refractivity contribution is -0.143. The van der Waals surface area contributed by atoms with Crippen molar-refractivity contribution in [2.75, 3.05) is 13.7 Å². The maximum absolute atomic E-state index is 14.0. The molecule has 0 aliphatic heterocycles. The van der Waals surface area contributed by atoms with Crippen LogP contribution in [0.4, 0.5) is 30.7 Å². The van der Waals surface area contributed by atoms with Gasteiger partial charge >= 0.3 is 12.4 Å². The molecule has 2 aromatic rings. The molecule has 1 unspecified atom stereocenters. The number of ether oxygens (including phenoxy) is 1. The zero-order valence-corrected chi connectivity index (χ0v) is 15.2. The second-order valence-corrected chi connectivity index (χ2v) is 6.39. The summed E-state index contributed by atoms with van der Waals surface area (Å²) in [6, 6.07) is 6.04. The normalized spacial score (nSPS) is 14.4. The Bertz CT molecular complexity index is 861. The summed E-state index contributed by atoms with van der Waals surface area (Å²) in [6.45, 7) is 1.01. The van der Waals surface area contributed by atoms with Crippen LogP contribution in [-0.2, 0) is 22.7 Å². The minimum Gasteiger partial charge on any atom is -0.372 e. The number of methoxy groups -OCH3 is 1. The van der Waals surface area contributed by atoms with E-state index in [2.05, 4.69) is 5.32 Å². The van der Waals surface area contributed by atoms with Crippen molar-refractivity contribution in [1.82, 2.24) is 5.32 Å². The molecule has 0 saturated carbocycles. The van der Waals surface area contributed by atoms with Crippen molar-refractivity contribution in [2.24, 2.45) is 0 Å². The summed E-state index contributed by atoms with van der Waals surface area (Å²) in [7, 11) is 1.23. The third-order valence-corrected chi connectivity index (χ3v) is 4.33. The van der Waals surface area contributed by atoms with Gasteiger partial charge in [-0.3, -0.25) is 4.79 Å². The highest BCUT2D eigenvalue weighted by Gasteiger charge is 2.38. The third-order valence-electron chi connectivity index (χ3n) is 4.33. The van der Waals surface area contributed by atoms with Crippen molar-refractivity contribution < 1.29 is 40.3 Å². The summed E-state index contributed by atoms with van der Waals surface area (Å²) in [5, 5.41) is 2.21. The lowest BCUT2D eigenvalue weighted by Gasteiger charge is -2.29. The lowest BCUT2D eigenvalue weighted by Crippen LogP contribution is -2.40. The highest BCUT2D eigenvalue weighted by Crippen LogP contribution is 2.36. The van der Waals surface area contributed by atoms with Crippen molar-refractivity contribution in [1.29, 1.82) is 0 Å². The molecule has 3 nitrogen and oxygen atoms in total. The van der Waals surface area contributed by atoms with Crippen LogP contribution in [0.3, 0.4) is 0 Å². The highest BCUT2D eigenvalue weighted by atomic mass is 19.4. The van der Waals surface area contributed by atoms with Gasteiger partial charge in [0, 0.05) is 18.2 Å². The number of halogens is 7. The van der Waals surface area contributed by atoms with Crippen LogP contribution in [0.25, 0.3) is 0 Å². The van der Waals surface area contributed by atoms with Gasteiger partial charge in [0.15, 0.2) is 0 Å². The van der Waals surface area contributed by atoms with E-state index in [0.717, 1.165) is 6.07 Å². The zero-order chi connectivity index (χ0) is 22.0. The minimum absolute atomic E-state index is 0.0582. The molecule has 29 heavy (non-hydrogen) atoms. The second kappa shape index (κ2) is 8.02. The maximum Gasteiger partial charge on any atom is 0.416 e. The number of rotatable bonds is 5. The number of benzene rings is 2. The molecule has 0 aromatic heterocycles. The van der Waals surface area contributed by atoms with E-state index in [0.29, 0.717) is 12.1 Å². The van der Waals surface area contributed by atoms with Crippen molar-refractivity contribution in [2.45, 2.75) is 24.9 Å². The Morgan fingerprint density at radius 1 is 0.966 bits per heavy atom. The molecule has 0 spiro atoms. The van der Waals surface area contributed by atoms with Crippen molar-refractivity contribution >= 4 is 5.91 Å². The molecule has 0 heterocycles. The van der Waals surface area contributed by atoms with Gasteiger partial charge < -0.3 is 10.1 Å². The van der Waals surface area contributed by atoms with E-state index in [1.165, 1.54) is 32.2 Å². The molecule has 0 saturated heterocycles. The topological polar surface area (TPSA) is 38.3 Å². The molecule has 10 heteroatoms. The third kappa shape index (κ3) is 5.26. The summed E-state index contributed by atoms with van der Waals surface area (Å²) in [5.74, 6) is -1.84. The summed E-state index contributed by atoms with van der Waals surface area (Å²) in [6.07, 6.45) is -10.2. The van der Waals surface area contributed by atoms with Gasteiger partial charge in [-0.1, -0.05) is 18.2 Å². The van der Waals surface area contributed by atoms with Crippen LogP contribution >= 0.6 is 0 Å². The molecule has 2 aromatic carbocycles. The molecule has 0 radical (unpaired) electrons. The molecule has 0 bridgehead atoms. The van der Waals surface area contributed by atoms with Crippen LogP contribution in [0.15, 0.2) is 42.5 Å². The van der Waals surface area contributed by atoms with E-state index in [9.17, 15) is 35.5 Å². The van der Waals surface area contributed by atoms with Gasteiger partial charge in [-0.2, -0.15) is 26.3 Å². The number of carbonyl (C=O) groups excluding carboxylic acids is 1. The molecule has 1 atom stereocenters. The van der Waals surface area contributed by atoms with Gasteiger partial charge in [-0.15, -0.1) is 0 Å². The Hall–Kier alpha value is -2.62. The zero-order valence-electron chi connectivity index (χ0n) is 15.2. The number of hydrogen-bond acceptors (Lipinski definition) is 2. The average molecular weight is 423 g/mol. The Morgan fingerprint density at radius 3 is 1.93 bits per heavy atom. The summed E-state index contributed by atoms with van der Waals surface area (Å²) in [4.78, 5) is 12.3. The van der Waals surface area contributed by atoms with Crippen LogP contribution in [-0.4, -0.2) is 19.6 Å². The summed E-state index contributed by atoms with van der Waals surface area (Å²) < 4.78 is 96.9. The standard InChI is InChI=1S/C19H16F7NO2/c1-17(29-2,14-5-3-4-6-15(14)20)10-27-16(28)11-7-12(18(21,22)23)9-13(8-11)19(24,25)26/h3-9H,10H2,1-2H3,(H,27,28). The highest BCUT2D eigenvalue weighted by molar-refractivity contribution is 5.94. The minimum atomic E-state index is -5.08. The fraction of sp³-hybridized carbons (Fsp3) is 0.316. The fourth-order valence-corrected chi connectivity index (χ4v) is 2.60. The number of nitrogens with one attached hydrogen (secondary N) is 1. The lowest BCUT2D eigenvalue weighted by atomic mass is 9.94. The van der Waals surface area contributed by atoms with Crippen molar-refractivity contribution in [3.8, 4) is 0 Å². The van der Waals surface area contributed by atoms with Gasteiger partial charge in [0.2, 0.25) is 0 Å². The van der Waals surface area contributed by atoms with Crippen LogP contribution in [0.1, 0.15) is 34.0 Å². The maximum atomic E-state index is 14.0. The predicted molar refractivity (Wildman–Crippen MR) is 89.5 cm³/mol. The smallest absolute Gasteiger partial charge is 0.372 e. The van der Waals surface area contributed by atoms with Crippen molar-refractivity contribution in [3.05, 3.63) is 70.5 Å². The van der Waals surface area contributed by atoms with Gasteiger partial charge in [0.1, 0.15) is 11.4 Å². The molecule has 2 rings (SSSR count). The van der Waals surface area contributed by atoms with E-state index >= 15 is 0 Å². The Morgan fingerprint density at radius 2 is 1.48 bits per heavy atom. The first kappa shape index (κ1) is 22.7. The molecule has 1 N–H and O–H groups in total. The van der Waals surface area contributed by atoms with E-state index in [1.807, 2.05) is 0 Å². The fourth-order valence-electron chi connectivity index (χ4n) is 2.60. The second-order valence-electron chi connectivity index (χ2n) is 6.39. The molecular formula is C19H16F7NO2. The quantitative estimate of drug-likeness (QED) is 0.676. The molecule has 0 aliphatic carbocycles. The number of carbonyl (C=O) groups is 1. The van der Waals surface area contributed by atoms with Crippen LogP contribution in [0, 0.1) is 5.82 Å². The summed E-state index contributed by atoms with van der Waals surface area (Å²) >= 11 is 0. The first-order chi connectivity index (χ1) is 13.3. The van der Waals surface area contributed by atoms with E-state index in [-0.39, 0.29) is 11.6 Å². The van der Waals surface area contributed by atoms with Gasteiger partial charge in [0.05, 0.1) is 17.7 Å². The van der Waals surface area contributed by atoms with E-state index in [4.69, 9.17) is 4.74 Å². The molecule has 0 fully saturated rings. The Labute approximate surface area is 161 Å². The Balaban J connectivity index is 2.34. The Kier molecular flexibility index (Phi) is 6.27. The van der Waals surface area contributed by atoms with Crippen molar-refractivity contribution in [3.63, 3.8) is 0 Å². The van der Waals surface area contributed by atoms with Crippen LogP contribution in [0.2, 0.25) is 0 Å². The average Bonchev–Trinajstić information content (AvgIpc) is 2.64. The molecule has 0 aliphatic rings. The molecule has 158 valence electrons.